The zero-order valence-corrected chi connectivity index (χ0v) is 12.5. The van der Waals surface area contributed by atoms with Gasteiger partial charge in [0.05, 0.1) is 16.4 Å². The number of halogens is 2. The summed E-state index contributed by atoms with van der Waals surface area (Å²) in [6, 6.07) is 0. The minimum atomic E-state index is -1.04. The number of rotatable bonds is 5. The molecule has 17 heavy (non-hydrogen) atoms. The van der Waals surface area contributed by atoms with Gasteiger partial charge >= 0.3 is 0 Å². The molecule has 1 aromatic heterocycles. The van der Waals surface area contributed by atoms with Crippen molar-refractivity contribution in [2.45, 2.75) is 52.4 Å². The molecule has 0 aliphatic rings. The summed E-state index contributed by atoms with van der Waals surface area (Å²) < 4.78 is 16.7. The van der Waals surface area contributed by atoms with Crippen LogP contribution < -0.4 is 5.32 Å². The number of aryl methyl sites for hydroxylation is 1. The van der Waals surface area contributed by atoms with Gasteiger partial charge in [-0.05, 0) is 43.1 Å². The van der Waals surface area contributed by atoms with E-state index in [1.54, 1.807) is 10.9 Å². The molecule has 1 unspecified atom stereocenters. The zero-order valence-electron chi connectivity index (χ0n) is 10.9. The molecule has 3 nitrogen and oxygen atoms in total. The fourth-order valence-electron chi connectivity index (χ4n) is 1.57. The monoisotopic (exact) mass is 305 g/mol. The van der Waals surface area contributed by atoms with Gasteiger partial charge in [-0.25, -0.2) is 4.39 Å². The number of hydrogen-bond acceptors (Lipinski definition) is 2. The van der Waals surface area contributed by atoms with Gasteiger partial charge in [0.1, 0.15) is 0 Å². The molecule has 0 radical (unpaired) electrons. The van der Waals surface area contributed by atoms with Crippen LogP contribution in [0.3, 0.4) is 0 Å². The van der Waals surface area contributed by atoms with E-state index in [0.717, 1.165) is 17.4 Å². The average molecular weight is 306 g/mol. The van der Waals surface area contributed by atoms with Gasteiger partial charge in [0.15, 0.2) is 6.17 Å². The Hall–Kier alpha value is -0.420. The van der Waals surface area contributed by atoms with E-state index in [1.807, 2.05) is 20.8 Å². The molecule has 0 aliphatic carbocycles. The fourth-order valence-corrected chi connectivity index (χ4v) is 2.11. The van der Waals surface area contributed by atoms with Crippen LogP contribution in [0.4, 0.5) is 4.39 Å². The van der Waals surface area contributed by atoms with Crippen molar-refractivity contribution in [1.29, 1.82) is 0 Å². The Kier molecular flexibility index (Phi) is 5.13. The SMILES string of the molecule is CCCn1ncc(Br)c1C(F)CNC(C)(C)C. The summed E-state index contributed by atoms with van der Waals surface area (Å²) in [5, 5.41) is 7.34. The maximum absolute atomic E-state index is 14.2. The summed E-state index contributed by atoms with van der Waals surface area (Å²) in [4.78, 5) is 0. The number of aromatic nitrogens is 2. The first-order valence-corrected chi connectivity index (χ1v) is 6.74. The van der Waals surface area contributed by atoms with Gasteiger partial charge in [-0.15, -0.1) is 0 Å². The molecule has 98 valence electrons. The van der Waals surface area contributed by atoms with Crippen molar-refractivity contribution >= 4 is 15.9 Å². The van der Waals surface area contributed by atoms with Gasteiger partial charge in [-0.1, -0.05) is 6.92 Å². The largest absolute Gasteiger partial charge is 0.309 e. The number of hydrogen-bond donors (Lipinski definition) is 1. The van der Waals surface area contributed by atoms with Crippen molar-refractivity contribution in [3.8, 4) is 0 Å². The van der Waals surface area contributed by atoms with Gasteiger partial charge < -0.3 is 5.32 Å². The Morgan fingerprint density at radius 1 is 1.53 bits per heavy atom. The van der Waals surface area contributed by atoms with Crippen LogP contribution in [0.5, 0.6) is 0 Å². The molecule has 0 bridgehead atoms. The molecule has 0 aliphatic heterocycles. The van der Waals surface area contributed by atoms with Crippen LogP contribution in [0.2, 0.25) is 0 Å². The molecule has 1 heterocycles. The predicted molar refractivity (Wildman–Crippen MR) is 71.8 cm³/mol. The Labute approximate surface area is 111 Å². The first-order chi connectivity index (χ1) is 7.85. The summed E-state index contributed by atoms with van der Waals surface area (Å²) in [7, 11) is 0. The highest BCUT2D eigenvalue weighted by molar-refractivity contribution is 9.10. The first kappa shape index (κ1) is 14.6. The number of alkyl halides is 1. The first-order valence-electron chi connectivity index (χ1n) is 5.95. The van der Waals surface area contributed by atoms with Crippen molar-refractivity contribution in [1.82, 2.24) is 15.1 Å². The molecule has 0 spiro atoms. The van der Waals surface area contributed by atoms with E-state index in [9.17, 15) is 4.39 Å². The van der Waals surface area contributed by atoms with E-state index in [4.69, 9.17) is 0 Å². The van der Waals surface area contributed by atoms with E-state index < -0.39 is 6.17 Å². The Morgan fingerprint density at radius 2 is 2.18 bits per heavy atom. The lowest BCUT2D eigenvalue weighted by atomic mass is 10.1. The van der Waals surface area contributed by atoms with Gasteiger partial charge in [-0.2, -0.15) is 5.10 Å². The number of nitrogens with zero attached hydrogens (tertiary/aromatic N) is 2. The van der Waals surface area contributed by atoms with Crippen LogP contribution in [-0.2, 0) is 6.54 Å². The molecule has 1 rings (SSSR count). The molecule has 1 atom stereocenters. The van der Waals surface area contributed by atoms with Gasteiger partial charge in [0.25, 0.3) is 0 Å². The summed E-state index contributed by atoms with van der Waals surface area (Å²) in [6.07, 6.45) is 1.56. The minimum Gasteiger partial charge on any atom is -0.309 e. The van der Waals surface area contributed by atoms with Crippen LogP contribution >= 0.6 is 15.9 Å². The quantitative estimate of drug-likeness (QED) is 0.903. The Bertz CT molecular complexity index is 357. The minimum absolute atomic E-state index is 0.0770. The highest BCUT2D eigenvalue weighted by Crippen LogP contribution is 2.26. The number of nitrogens with one attached hydrogen (secondary N) is 1. The topological polar surface area (TPSA) is 29.9 Å². The standard InChI is InChI=1S/C12H21BrFN3/c1-5-6-17-11(9(13)7-16-17)10(14)8-15-12(2,3)4/h7,10,15H,5-6,8H2,1-4H3. The smallest absolute Gasteiger partial charge is 0.155 e. The van der Waals surface area contributed by atoms with Gasteiger partial charge in [0, 0.05) is 18.6 Å². The third-order valence-electron chi connectivity index (χ3n) is 2.38. The third-order valence-corrected chi connectivity index (χ3v) is 2.99. The zero-order chi connectivity index (χ0) is 13.1. The van der Waals surface area contributed by atoms with Gasteiger partial charge in [-0.3, -0.25) is 4.68 Å². The lowest BCUT2D eigenvalue weighted by Gasteiger charge is -2.22. The second kappa shape index (κ2) is 5.96. The summed E-state index contributed by atoms with van der Waals surface area (Å²) >= 11 is 3.36. The van der Waals surface area contributed by atoms with Crippen molar-refractivity contribution in [3.63, 3.8) is 0 Å². The van der Waals surface area contributed by atoms with E-state index in [0.29, 0.717) is 12.2 Å². The lowest BCUT2D eigenvalue weighted by Crippen LogP contribution is -2.38. The van der Waals surface area contributed by atoms with Crippen LogP contribution in [0.1, 0.15) is 46.0 Å². The Morgan fingerprint density at radius 3 is 2.71 bits per heavy atom. The van der Waals surface area contributed by atoms with E-state index >= 15 is 0 Å². The molecule has 0 saturated carbocycles. The molecule has 0 fully saturated rings. The highest BCUT2D eigenvalue weighted by atomic mass is 79.9. The molecule has 5 heteroatoms. The fraction of sp³-hybridized carbons (Fsp3) is 0.750. The van der Waals surface area contributed by atoms with E-state index in [2.05, 4.69) is 33.3 Å². The average Bonchev–Trinajstić information content (AvgIpc) is 2.56. The molecule has 0 amide bonds. The highest BCUT2D eigenvalue weighted by Gasteiger charge is 2.21. The molecule has 0 aromatic carbocycles. The van der Waals surface area contributed by atoms with E-state index in [-0.39, 0.29) is 5.54 Å². The predicted octanol–water partition coefficient (Wildman–Crippen LogP) is 3.45. The summed E-state index contributed by atoms with van der Waals surface area (Å²) in [5.41, 5.74) is 0.551. The molecular weight excluding hydrogens is 285 g/mol. The van der Waals surface area contributed by atoms with Gasteiger partial charge in [0.2, 0.25) is 0 Å². The van der Waals surface area contributed by atoms with Crippen LogP contribution in [-0.4, -0.2) is 21.9 Å². The van der Waals surface area contributed by atoms with Crippen molar-refractivity contribution < 1.29 is 4.39 Å². The molecular formula is C12H21BrFN3. The second-order valence-electron chi connectivity index (χ2n) is 5.20. The Balaban J connectivity index is 2.73. The van der Waals surface area contributed by atoms with Crippen molar-refractivity contribution in [2.24, 2.45) is 0 Å². The summed E-state index contributed by atoms with van der Waals surface area (Å²) in [5.74, 6) is 0. The van der Waals surface area contributed by atoms with Crippen LogP contribution in [0.25, 0.3) is 0 Å². The van der Waals surface area contributed by atoms with Crippen molar-refractivity contribution in [2.75, 3.05) is 6.54 Å². The normalized spacial score (nSPS) is 14.0. The third kappa shape index (κ3) is 4.39. The molecule has 1 aromatic rings. The van der Waals surface area contributed by atoms with Crippen LogP contribution in [0, 0.1) is 0 Å². The van der Waals surface area contributed by atoms with E-state index in [1.165, 1.54) is 0 Å². The molecule has 0 saturated heterocycles. The maximum Gasteiger partial charge on any atom is 0.155 e. The maximum atomic E-state index is 14.2. The molecule has 1 N–H and O–H groups in total. The van der Waals surface area contributed by atoms with Crippen molar-refractivity contribution in [3.05, 3.63) is 16.4 Å². The second-order valence-corrected chi connectivity index (χ2v) is 6.05. The summed E-state index contributed by atoms with van der Waals surface area (Å²) in [6.45, 7) is 9.18. The lowest BCUT2D eigenvalue weighted by molar-refractivity contribution is 0.275. The van der Waals surface area contributed by atoms with Crippen LogP contribution in [0.15, 0.2) is 10.7 Å².